The molecular formula is C22H22N2O3S. The van der Waals surface area contributed by atoms with Crippen LogP contribution in [0.25, 0.3) is 0 Å². The predicted octanol–water partition coefficient (Wildman–Crippen LogP) is 3.42. The third-order valence-electron chi connectivity index (χ3n) is 4.46. The number of rotatable bonds is 6. The number of carbonyl (C=O) groups excluding carboxylic acids is 1. The first-order valence-corrected chi connectivity index (χ1v) is 10.3. The number of carbonyl (C=O) groups is 1. The molecule has 0 saturated carbocycles. The Morgan fingerprint density at radius 1 is 0.857 bits per heavy atom. The third-order valence-corrected chi connectivity index (χ3v) is 5.87. The minimum Gasteiger partial charge on any atom is -0.341 e. The molecule has 0 fully saturated rings. The van der Waals surface area contributed by atoms with Crippen LogP contribution in [0.3, 0.4) is 0 Å². The van der Waals surface area contributed by atoms with Gasteiger partial charge in [0.1, 0.15) is 0 Å². The lowest BCUT2D eigenvalue weighted by Gasteiger charge is -2.20. The molecule has 6 heteroatoms. The van der Waals surface area contributed by atoms with E-state index in [4.69, 9.17) is 0 Å². The number of nitrogens with one attached hydrogen (secondary N) is 2. The average Bonchev–Trinajstić information content (AvgIpc) is 2.72. The molecule has 0 heterocycles. The van der Waals surface area contributed by atoms with Gasteiger partial charge in [0.2, 0.25) is 10.0 Å². The number of amides is 1. The zero-order chi connectivity index (χ0) is 20.1. The van der Waals surface area contributed by atoms with Gasteiger partial charge in [-0.25, -0.2) is 13.1 Å². The van der Waals surface area contributed by atoms with Crippen molar-refractivity contribution in [1.82, 2.24) is 10.0 Å². The first-order chi connectivity index (χ1) is 13.4. The molecule has 1 amide bonds. The number of benzene rings is 3. The van der Waals surface area contributed by atoms with Crippen molar-refractivity contribution in [3.63, 3.8) is 0 Å². The van der Waals surface area contributed by atoms with Gasteiger partial charge in [0.15, 0.2) is 0 Å². The molecule has 2 N–H and O–H groups in total. The molecule has 3 aromatic carbocycles. The summed E-state index contributed by atoms with van der Waals surface area (Å²) in [6, 6.07) is 23.3. The van der Waals surface area contributed by atoms with Gasteiger partial charge in [0.25, 0.3) is 5.91 Å². The van der Waals surface area contributed by atoms with Crippen LogP contribution in [0.2, 0.25) is 0 Å². The van der Waals surface area contributed by atoms with Crippen molar-refractivity contribution < 1.29 is 13.2 Å². The third kappa shape index (κ3) is 4.47. The van der Waals surface area contributed by atoms with Gasteiger partial charge in [-0.1, -0.05) is 66.2 Å². The highest BCUT2D eigenvalue weighted by molar-refractivity contribution is 7.89. The Bertz CT molecular complexity index is 1080. The quantitative estimate of drug-likeness (QED) is 0.673. The Kier molecular flexibility index (Phi) is 5.92. The maximum absolute atomic E-state index is 12.9. The number of sulfonamides is 1. The molecule has 0 aliphatic heterocycles. The second-order valence-corrected chi connectivity index (χ2v) is 8.35. The standard InChI is InChI=1S/C22H22N2O3S/c1-16-8-6-11-18(14-16)21(17-9-4-3-5-10-17)24-22(25)19-12-7-13-20(15-19)28(26,27)23-2/h3-15,21,23H,1-2H3,(H,24,25)/t21-/m0/s1. The van der Waals surface area contributed by atoms with Gasteiger partial charge in [-0.2, -0.15) is 0 Å². The van der Waals surface area contributed by atoms with Crippen LogP contribution in [0.1, 0.15) is 33.1 Å². The van der Waals surface area contributed by atoms with Crippen LogP contribution in [-0.2, 0) is 10.0 Å². The average molecular weight is 394 g/mol. The fraction of sp³-hybridized carbons (Fsp3) is 0.136. The number of hydrogen-bond donors (Lipinski definition) is 2. The van der Waals surface area contributed by atoms with Crippen molar-refractivity contribution in [3.8, 4) is 0 Å². The Balaban J connectivity index is 1.96. The Hall–Kier alpha value is -2.96. The topological polar surface area (TPSA) is 75.3 Å². The zero-order valence-corrected chi connectivity index (χ0v) is 16.5. The van der Waals surface area contributed by atoms with Crippen LogP contribution in [0.5, 0.6) is 0 Å². The van der Waals surface area contributed by atoms with Gasteiger partial charge >= 0.3 is 0 Å². The Morgan fingerprint density at radius 3 is 2.21 bits per heavy atom. The van der Waals surface area contributed by atoms with Crippen molar-refractivity contribution in [3.05, 3.63) is 101 Å². The van der Waals surface area contributed by atoms with E-state index >= 15 is 0 Å². The Labute approximate surface area is 165 Å². The lowest BCUT2D eigenvalue weighted by molar-refractivity contribution is 0.0942. The highest BCUT2D eigenvalue weighted by Gasteiger charge is 2.19. The number of aryl methyl sites for hydroxylation is 1. The number of hydrogen-bond acceptors (Lipinski definition) is 3. The minimum atomic E-state index is -3.62. The molecule has 0 aromatic heterocycles. The second kappa shape index (κ2) is 8.37. The van der Waals surface area contributed by atoms with E-state index in [0.29, 0.717) is 0 Å². The summed E-state index contributed by atoms with van der Waals surface area (Å²) in [4.78, 5) is 13.0. The summed E-state index contributed by atoms with van der Waals surface area (Å²) >= 11 is 0. The summed E-state index contributed by atoms with van der Waals surface area (Å²) in [7, 11) is -2.28. The zero-order valence-electron chi connectivity index (χ0n) is 15.7. The first-order valence-electron chi connectivity index (χ1n) is 8.87. The van der Waals surface area contributed by atoms with Crippen LogP contribution >= 0.6 is 0 Å². The van der Waals surface area contributed by atoms with Crippen molar-refractivity contribution >= 4 is 15.9 Å². The molecule has 28 heavy (non-hydrogen) atoms. The van der Waals surface area contributed by atoms with Gasteiger partial charge in [0.05, 0.1) is 10.9 Å². The van der Waals surface area contributed by atoms with E-state index in [1.54, 1.807) is 12.1 Å². The molecule has 0 spiro atoms. The molecule has 5 nitrogen and oxygen atoms in total. The van der Waals surface area contributed by atoms with E-state index in [9.17, 15) is 13.2 Å². The molecule has 0 radical (unpaired) electrons. The lowest BCUT2D eigenvalue weighted by atomic mass is 9.97. The molecule has 0 saturated heterocycles. The van der Waals surface area contributed by atoms with Crippen LogP contribution < -0.4 is 10.0 Å². The predicted molar refractivity (Wildman–Crippen MR) is 110 cm³/mol. The second-order valence-electron chi connectivity index (χ2n) is 6.47. The first kappa shape index (κ1) is 19.8. The molecule has 1 atom stereocenters. The summed E-state index contributed by atoms with van der Waals surface area (Å²) in [6.07, 6.45) is 0. The van der Waals surface area contributed by atoms with Gasteiger partial charge < -0.3 is 5.32 Å². The summed E-state index contributed by atoms with van der Waals surface area (Å²) in [5, 5.41) is 3.04. The van der Waals surface area contributed by atoms with Crippen LogP contribution in [0.4, 0.5) is 0 Å². The van der Waals surface area contributed by atoms with Gasteiger partial charge in [0, 0.05) is 5.56 Å². The molecule has 0 aliphatic rings. The molecule has 3 rings (SSSR count). The van der Waals surface area contributed by atoms with Gasteiger partial charge in [-0.05, 0) is 43.3 Å². The van der Waals surface area contributed by atoms with E-state index in [-0.39, 0.29) is 22.4 Å². The Morgan fingerprint density at radius 2 is 1.54 bits per heavy atom. The fourth-order valence-corrected chi connectivity index (χ4v) is 3.77. The molecule has 0 aliphatic carbocycles. The largest absolute Gasteiger partial charge is 0.341 e. The van der Waals surface area contributed by atoms with Gasteiger partial charge in [-0.15, -0.1) is 0 Å². The van der Waals surface area contributed by atoms with Crippen LogP contribution in [0.15, 0.2) is 83.8 Å². The minimum absolute atomic E-state index is 0.0504. The summed E-state index contributed by atoms with van der Waals surface area (Å²) in [5.41, 5.74) is 3.28. The molecular weight excluding hydrogens is 372 g/mol. The summed E-state index contributed by atoms with van der Waals surface area (Å²) in [6.45, 7) is 2.00. The summed E-state index contributed by atoms with van der Waals surface area (Å²) in [5.74, 6) is -0.344. The van der Waals surface area contributed by atoms with E-state index in [0.717, 1.165) is 16.7 Å². The van der Waals surface area contributed by atoms with Crippen molar-refractivity contribution in [1.29, 1.82) is 0 Å². The molecule has 0 bridgehead atoms. The fourth-order valence-electron chi connectivity index (χ4n) is 2.99. The van der Waals surface area contributed by atoms with E-state index < -0.39 is 10.0 Å². The highest BCUT2D eigenvalue weighted by Crippen LogP contribution is 2.23. The SMILES string of the molecule is CNS(=O)(=O)c1cccc(C(=O)N[C@@H](c2ccccc2)c2cccc(C)c2)c1. The lowest BCUT2D eigenvalue weighted by Crippen LogP contribution is -2.29. The van der Waals surface area contributed by atoms with Crippen molar-refractivity contribution in [2.75, 3.05) is 7.05 Å². The summed E-state index contributed by atoms with van der Waals surface area (Å²) < 4.78 is 26.3. The normalized spacial score (nSPS) is 12.4. The molecule has 3 aromatic rings. The molecule has 0 unspecified atom stereocenters. The van der Waals surface area contributed by atoms with Gasteiger partial charge in [-0.3, -0.25) is 4.79 Å². The van der Waals surface area contributed by atoms with Crippen molar-refractivity contribution in [2.45, 2.75) is 17.9 Å². The van der Waals surface area contributed by atoms with Crippen LogP contribution in [-0.4, -0.2) is 21.4 Å². The van der Waals surface area contributed by atoms with E-state index in [1.807, 2.05) is 61.5 Å². The van der Waals surface area contributed by atoms with Crippen LogP contribution in [0, 0.1) is 6.92 Å². The van der Waals surface area contributed by atoms with E-state index in [1.165, 1.54) is 19.2 Å². The smallest absolute Gasteiger partial charge is 0.252 e. The maximum atomic E-state index is 12.9. The van der Waals surface area contributed by atoms with Crippen molar-refractivity contribution in [2.24, 2.45) is 0 Å². The highest BCUT2D eigenvalue weighted by atomic mass is 32.2. The molecule has 144 valence electrons. The van der Waals surface area contributed by atoms with E-state index in [2.05, 4.69) is 10.0 Å². The monoisotopic (exact) mass is 394 g/mol. The maximum Gasteiger partial charge on any atom is 0.252 e.